The number of fused-ring (bicyclic) bond motifs is 2. The molecule has 0 aliphatic carbocycles. The maximum Gasteiger partial charge on any atom is 0.286 e. The fourth-order valence-electron chi connectivity index (χ4n) is 1.39. The molecule has 6 nitrogen and oxygen atoms in total. The molecule has 0 aliphatic rings. The van der Waals surface area contributed by atoms with Gasteiger partial charge in [0.05, 0.1) is 6.20 Å². The zero-order valence-corrected chi connectivity index (χ0v) is 7.53. The predicted molar refractivity (Wildman–Crippen MR) is 52.4 cm³/mol. The van der Waals surface area contributed by atoms with Crippen LogP contribution in [0.4, 0.5) is 0 Å². The lowest BCUT2D eigenvalue weighted by molar-refractivity contribution is 1.02. The molecule has 0 saturated heterocycles. The highest BCUT2D eigenvalue weighted by Crippen LogP contribution is 2.01. The Morgan fingerprint density at radius 1 is 1.13 bits per heavy atom. The molecule has 0 bridgehead atoms. The number of hydrogen-bond donors (Lipinski definition) is 0. The molecule has 0 saturated carbocycles. The molecule has 72 valence electrons. The minimum atomic E-state index is -0.231. The van der Waals surface area contributed by atoms with E-state index in [0.29, 0.717) is 11.3 Å². The highest BCUT2D eigenvalue weighted by molar-refractivity contribution is 5.70. The van der Waals surface area contributed by atoms with Crippen molar-refractivity contribution in [3.63, 3.8) is 0 Å². The van der Waals surface area contributed by atoms with Gasteiger partial charge in [0.2, 0.25) is 0 Å². The largest absolute Gasteiger partial charge is 0.286 e. The lowest BCUT2D eigenvalue weighted by atomic mass is 10.5. The third-order valence-electron chi connectivity index (χ3n) is 2.06. The smallest absolute Gasteiger partial charge is 0.266 e. The molecule has 0 radical (unpaired) electrons. The van der Waals surface area contributed by atoms with Gasteiger partial charge in [0, 0.05) is 24.8 Å². The molecule has 0 spiro atoms. The van der Waals surface area contributed by atoms with Crippen molar-refractivity contribution in [2.75, 3.05) is 0 Å². The Balaban J connectivity index is 2.66. The summed E-state index contributed by atoms with van der Waals surface area (Å²) in [4.78, 5) is 27.9. The van der Waals surface area contributed by atoms with E-state index in [0.717, 1.165) is 0 Å². The molecular formula is C9H5N5O. The van der Waals surface area contributed by atoms with Gasteiger partial charge in [-0.15, -0.1) is 0 Å². The standard InChI is InChI=1S/C9H5N5O/c15-9-7-8(12-2-1-11-7)13-6-5-10-3-4-14(6)9/h1-5H. The minimum absolute atomic E-state index is 0.231. The van der Waals surface area contributed by atoms with Gasteiger partial charge in [-0.05, 0) is 0 Å². The van der Waals surface area contributed by atoms with Gasteiger partial charge in [-0.3, -0.25) is 14.2 Å². The first-order chi connectivity index (χ1) is 7.36. The molecule has 0 atom stereocenters. The van der Waals surface area contributed by atoms with Gasteiger partial charge in [0.25, 0.3) is 5.56 Å². The van der Waals surface area contributed by atoms with Crippen LogP contribution in [0.5, 0.6) is 0 Å². The number of aromatic nitrogens is 5. The minimum Gasteiger partial charge on any atom is -0.266 e. The Kier molecular flexibility index (Phi) is 1.49. The van der Waals surface area contributed by atoms with E-state index in [2.05, 4.69) is 19.9 Å². The molecule has 3 heterocycles. The summed E-state index contributed by atoms with van der Waals surface area (Å²) in [5.74, 6) is 0. The molecule has 0 N–H and O–H groups in total. The molecule has 0 amide bonds. The van der Waals surface area contributed by atoms with Crippen molar-refractivity contribution in [2.45, 2.75) is 0 Å². The summed E-state index contributed by atoms with van der Waals surface area (Å²) in [6.45, 7) is 0. The SMILES string of the molecule is O=c1c2nccnc2nc2cnccn12. The van der Waals surface area contributed by atoms with Gasteiger partial charge in [0.15, 0.2) is 16.8 Å². The summed E-state index contributed by atoms with van der Waals surface area (Å²) in [6, 6.07) is 0. The van der Waals surface area contributed by atoms with Gasteiger partial charge >= 0.3 is 0 Å². The van der Waals surface area contributed by atoms with Crippen LogP contribution in [-0.2, 0) is 0 Å². The third kappa shape index (κ3) is 1.08. The fraction of sp³-hybridized carbons (Fsp3) is 0. The first-order valence-electron chi connectivity index (χ1n) is 4.29. The predicted octanol–water partition coefficient (Wildman–Crippen LogP) is 0.0327. The Bertz CT molecular complexity index is 648. The maximum atomic E-state index is 11.9. The van der Waals surface area contributed by atoms with Gasteiger partial charge in [-0.1, -0.05) is 0 Å². The summed E-state index contributed by atoms with van der Waals surface area (Å²) < 4.78 is 1.39. The van der Waals surface area contributed by atoms with E-state index in [1.54, 1.807) is 6.20 Å². The van der Waals surface area contributed by atoms with Crippen LogP contribution in [0.3, 0.4) is 0 Å². The zero-order chi connectivity index (χ0) is 10.3. The average Bonchev–Trinajstić information content (AvgIpc) is 2.30. The number of hydrogen-bond acceptors (Lipinski definition) is 5. The van der Waals surface area contributed by atoms with E-state index in [1.165, 1.54) is 29.2 Å². The van der Waals surface area contributed by atoms with Crippen molar-refractivity contribution in [3.05, 3.63) is 41.3 Å². The van der Waals surface area contributed by atoms with Crippen molar-refractivity contribution < 1.29 is 0 Å². The van der Waals surface area contributed by atoms with Gasteiger partial charge in [-0.25, -0.2) is 15.0 Å². The summed E-state index contributed by atoms with van der Waals surface area (Å²) in [5.41, 5.74) is 0.845. The average molecular weight is 199 g/mol. The molecule has 3 rings (SSSR count). The van der Waals surface area contributed by atoms with Crippen LogP contribution in [0.25, 0.3) is 16.8 Å². The first kappa shape index (κ1) is 7.98. The Hall–Kier alpha value is -2.37. The second-order valence-electron chi connectivity index (χ2n) is 2.95. The highest BCUT2D eigenvalue weighted by Gasteiger charge is 2.05. The van der Waals surface area contributed by atoms with E-state index in [-0.39, 0.29) is 11.1 Å². The lowest BCUT2D eigenvalue weighted by Gasteiger charge is -1.99. The summed E-state index contributed by atoms with van der Waals surface area (Å²) >= 11 is 0. The topological polar surface area (TPSA) is 73.0 Å². The van der Waals surface area contributed by atoms with Crippen LogP contribution < -0.4 is 5.56 Å². The second-order valence-corrected chi connectivity index (χ2v) is 2.95. The Morgan fingerprint density at radius 2 is 2.00 bits per heavy atom. The summed E-state index contributed by atoms with van der Waals surface area (Å²) in [6.07, 6.45) is 7.56. The normalized spacial score (nSPS) is 10.9. The number of nitrogens with zero attached hydrogens (tertiary/aromatic N) is 5. The van der Waals surface area contributed by atoms with Crippen LogP contribution in [0.2, 0.25) is 0 Å². The lowest BCUT2D eigenvalue weighted by Crippen LogP contribution is -2.16. The fourth-order valence-corrected chi connectivity index (χ4v) is 1.39. The molecule has 15 heavy (non-hydrogen) atoms. The first-order valence-corrected chi connectivity index (χ1v) is 4.29. The van der Waals surface area contributed by atoms with Crippen LogP contribution in [0.15, 0.2) is 35.8 Å². The van der Waals surface area contributed by atoms with E-state index < -0.39 is 0 Å². The Labute approximate surface area is 83.3 Å². The molecule has 0 fully saturated rings. The zero-order valence-electron chi connectivity index (χ0n) is 7.53. The van der Waals surface area contributed by atoms with Gasteiger partial charge in [0.1, 0.15) is 0 Å². The maximum absolute atomic E-state index is 11.9. The molecule has 3 aromatic rings. The third-order valence-corrected chi connectivity index (χ3v) is 2.06. The summed E-state index contributed by atoms with van der Waals surface area (Å²) in [7, 11) is 0. The van der Waals surface area contributed by atoms with E-state index >= 15 is 0 Å². The van der Waals surface area contributed by atoms with E-state index in [1.807, 2.05) is 0 Å². The molecule has 0 aromatic carbocycles. The van der Waals surface area contributed by atoms with Gasteiger partial charge in [-0.2, -0.15) is 0 Å². The highest BCUT2D eigenvalue weighted by atomic mass is 16.1. The van der Waals surface area contributed by atoms with Crippen molar-refractivity contribution >= 4 is 16.8 Å². The number of rotatable bonds is 0. The molecule has 6 heteroatoms. The monoisotopic (exact) mass is 199 g/mol. The van der Waals surface area contributed by atoms with Crippen LogP contribution in [-0.4, -0.2) is 24.3 Å². The van der Waals surface area contributed by atoms with Crippen LogP contribution in [0, 0.1) is 0 Å². The van der Waals surface area contributed by atoms with E-state index in [4.69, 9.17) is 0 Å². The van der Waals surface area contributed by atoms with Gasteiger partial charge < -0.3 is 0 Å². The van der Waals surface area contributed by atoms with E-state index in [9.17, 15) is 4.79 Å². The Morgan fingerprint density at radius 3 is 2.93 bits per heavy atom. The van der Waals surface area contributed by atoms with Crippen molar-refractivity contribution in [3.8, 4) is 0 Å². The van der Waals surface area contributed by atoms with Crippen LogP contribution >= 0.6 is 0 Å². The molecule has 3 aromatic heterocycles. The van der Waals surface area contributed by atoms with Crippen molar-refractivity contribution in [1.29, 1.82) is 0 Å². The molecule has 0 aliphatic heterocycles. The summed E-state index contributed by atoms with van der Waals surface area (Å²) in [5, 5.41) is 0. The molecular weight excluding hydrogens is 194 g/mol. The quantitative estimate of drug-likeness (QED) is 0.477. The van der Waals surface area contributed by atoms with Crippen molar-refractivity contribution in [1.82, 2.24) is 24.3 Å². The van der Waals surface area contributed by atoms with Crippen molar-refractivity contribution in [2.24, 2.45) is 0 Å². The van der Waals surface area contributed by atoms with Crippen LogP contribution in [0.1, 0.15) is 0 Å². The molecule has 0 unspecified atom stereocenters. The second kappa shape index (κ2) is 2.81.